The molecule has 0 saturated carbocycles. The van der Waals surface area contributed by atoms with E-state index >= 15 is 0 Å². The molecular formula is C13H13F3N2. The number of nitrogens with two attached hydrogens (primary N) is 1. The maximum absolute atomic E-state index is 12.4. The number of halogens is 3. The maximum atomic E-state index is 12.4. The summed E-state index contributed by atoms with van der Waals surface area (Å²) in [4.78, 5) is 0. The van der Waals surface area contributed by atoms with Crippen LogP contribution in [0.25, 0.3) is 11.1 Å². The second-order valence-corrected chi connectivity index (χ2v) is 4.11. The molecule has 0 atom stereocenters. The molecule has 96 valence electrons. The monoisotopic (exact) mass is 254 g/mol. The molecule has 1 aromatic carbocycles. The van der Waals surface area contributed by atoms with E-state index in [1.54, 1.807) is 0 Å². The highest BCUT2D eigenvalue weighted by molar-refractivity contribution is 5.64. The zero-order chi connectivity index (χ0) is 13.3. The second-order valence-electron chi connectivity index (χ2n) is 4.11. The van der Waals surface area contributed by atoms with Gasteiger partial charge in [0.1, 0.15) is 0 Å². The van der Waals surface area contributed by atoms with Crippen molar-refractivity contribution in [2.45, 2.75) is 12.7 Å². The van der Waals surface area contributed by atoms with E-state index in [4.69, 9.17) is 5.73 Å². The minimum Gasteiger partial charge on any atom is -0.353 e. The molecule has 5 heteroatoms. The summed E-state index contributed by atoms with van der Waals surface area (Å²) < 4.78 is 39.1. The Morgan fingerprint density at radius 1 is 1.11 bits per heavy atom. The molecule has 0 fully saturated rings. The van der Waals surface area contributed by atoms with E-state index in [1.807, 2.05) is 23.9 Å². The van der Waals surface area contributed by atoms with Crippen LogP contribution in [-0.4, -0.2) is 4.57 Å². The molecule has 0 bridgehead atoms. The second kappa shape index (κ2) is 4.49. The zero-order valence-corrected chi connectivity index (χ0v) is 9.83. The van der Waals surface area contributed by atoms with Crippen molar-refractivity contribution < 1.29 is 13.2 Å². The van der Waals surface area contributed by atoms with E-state index in [-0.39, 0.29) is 0 Å². The van der Waals surface area contributed by atoms with Gasteiger partial charge in [-0.3, -0.25) is 0 Å². The van der Waals surface area contributed by atoms with Gasteiger partial charge in [-0.1, -0.05) is 12.1 Å². The topological polar surface area (TPSA) is 30.9 Å². The van der Waals surface area contributed by atoms with Crippen molar-refractivity contribution in [1.29, 1.82) is 0 Å². The Kier molecular flexibility index (Phi) is 3.17. The van der Waals surface area contributed by atoms with Gasteiger partial charge in [0.05, 0.1) is 5.56 Å². The molecule has 0 unspecified atom stereocenters. The third kappa shape index (κ3) is 2.41. The van der Waals surface area contributed by atoms with Crippen molar-refractivity contribution in [1.82, 2.24) is 4.57 Å². The Bertz CT molecular complexity index is 538. The molecule has 2 nitrogen and oxygen atoms in total. The standard InChI is InChI=1S/C13H13F3N2/c1-18-8-10(6-12(18)7-17)9-2-4-11(5-3-9)13(14,15)16/h2-6,8H,7,17H2,1H3. The number of alkyl halides is 3. The van der Waals surface area contributed by atoms with Crippen LogP contribution in [0.4, 0.5) is 13.2 Å². The Morgan fingerprint density at radius 2 is 1.72 bits per heavy atom. The lowest BCUT2D eigenvalue weighted by Gasteiger charge is -2.06. The summed E-state index contributed by atoms with van der Waals surface area (Å²) in [5, 5.41) is 0. The highest BCUT2D eigenvalue weighted by Gasteiger charge is 2.29. The first-order valence-corrected chi connectivity index (χ1v) is 5.45. The number of rotatable bonds is 2. The summed E-state index contributed by atoms with van der Waals surface area (Å²) in [6.45, 7) is 0.400. The Hall–Kier alpha value is -1.75. The van der Waals surface area contributed by atoms with Crippen molar-refractivity contribution in [2.24, 2.45) is 12.8 Å². The van der Waals surface area contributed by atoms with Crippen LogP contribution in [0.15, 0.2) is 36.5 Å². The molecule has 0 saturated heterocycles. The molecule has 0 aliphatic heterocycles. The highest BCUT2D eigenvalue weighted by atomic mass is 19.4. The molecule has 0 aliphatic carbocycles. The summed E-state index contributed by atoms with van der Waals surface area (Å²) >= 11 is 0. The minimum atomic E-state index is -4.29. The number of hydrogen-bond donors (Lipinski definition) is 1. The first-order chi connectivity index (χ1) is 8.41. The third-order valence-corrected chi connectivity index (χ3v) is 2.86. The van der Waals surface area contributed by atoms with Crippen LogP contribution in [0.2, 0.25) is 0 Å². The lowest BCUT2D eigenvalue weighted by molar-refractivity contribution is -0.137. The quantitative estimate of drug-likeness (QED) is 0.876. The van der Waals surface area contributed by atoms with Crippen LogP contribution in [0.1, 0.15) is 11.3 Å². The van der Waals surface area contributed by atoms with Crippen LogP contribution in [-0.2, 0) is 19.8 Å². The third-order valence-electron chi connectivity index (χ3n) is 2.86. The lowest BCUT2D eigenvalue weighted by Crippen LogP contribution is -2.03. The smallest absolute Gasteiger partial charge is 0.353 e. The van der Waals surface area contributed by atoms with E-state index < -0.39 is 11.7 Å². The van der Waals surface area contributed by atoms with E-state index in [9.17, 15) is 13.2 Å². The number of aryl methyl sites for hydroxylation is 1. The van der Waals surface area contributed by atoms with E-state index in [2.05, 4.69) is 0 Å². The Balaban J connectivity index is 2.34. The van der Waals surface area contributed by atoms with Crippen LogP contribution in [0.5, 0.6) is 0 Å². The summed E-state index contributed by atoms with van der Waals surface area (Å²) in [6, 6.07) is 6.99. The van der Waals surface area contributed by atoms with Crippen LogP contribution >= 0.6 is 0 Å². The Morgan fingerprint density at radius 3 is 2.17 bits per heavy atom. The molecule has 2 rings (SSSR count). The van der Waals surface area contributed by atoms with E-state index in [0.29, 0.717) is 6.54 Å². The van der Waals surface area contributed by atoms with Gasteiger partial charge in [-0.25, -0.2) is 0 Å². The van der Waals surface area contributed by atoms with Gasteiger partial charge in [-0.05, 0) is 29.3 Å². The zero-order valence-electron chi connectivity index (χ0n) is 9.83. The fourth-order valence-corrected chi connectivity index (χ4v) is 1.82. The highest BCUT2D eigenvalue weighted by Crippen LogP contribution is 2.31. The number of aromatic nitrogens is 1. The van der Waals surface area contributed by atoms with Crippen molar-refractivity contribution >= 4 is 0 Å². The minimum absolute atomic E-state index is 0.400. The number of hydrogen-bond acceptors (Lipinski definition) is 1. The maximum Gasteiger partial charge on any atom is 0.416 e. The summed E-state index contributed by atoms with van der Waals surface area (Å²) in [5.41, 5.74) is 7.47. The largest absolute Gasteiger partial charge is 0.416 e. The van der Waals surface area contributed by atoms with Gasteiger partial charge in [-0.2, -0.15) is 13.2 Å². The summed E-state index contributed by atoms with van der Waals surface area (Å²) in [6.07, 6.45) is -2.44. The number of benzene rings is 1. The van der Waals surface area contributed by atoms with Crippen LogP contribution < -0.4 is 5.73 Å². The van der Waals surface area contributed by atoms with Gasteiger partial charge in [0.2, 0.25) is 0 Å². The Labute approximate surface area is 103 Å². The molecule has 0 spiro atoms. The summed E-state index contributed by atoms with van der Waals surface area (Å²) in [5.74, 6) is 0. The van der Waals surface area contributed by atoms with Crippen molar-refractivity contribution in [3.05, 3.63) is 47.8 Å². The normalized spacial score (nSPS) is 11.8. The molecule has 18 heavy (non-hydrogen) atoms. The molecule has 0 radical (unpaired) electrons. The van der Waals surface area contributed by atoms with E-state index in [0.717, 1.165) is 29.0 Å². The lowest BCUT2D eigenvalue weighted by atomic mass is 10.1. The average molecular weight is 254 g/mol. The SMILES string of the molecule is Cn1cc(-c2ccc(C(F)(F)F)cc2)cc1CN. The average Bonchev–Trinajstić information content (AvgIpc) is 2.69. The fourth-order valence-electron chi connectivity index (χ4n) is 1.82. The van der Waals surface area contributed by atoms with Crippen LogP contribution in [0, 0.1) is 0 Å². The molecule has 0 amide bonds. The van der Waals surface area contributed by atoms with E-state index in [1.165, 1.54) is 12.1 Å². The molecule has 0 aliphatic rings. The van der Waals surface area contributed by atoms with Gasteiger partial charge in [0.15, 0.2) is 0 Å². The number of nitrogens with zero attached hydrogens (tertiary/aromatic N) is 1. The summed E-state index contributed by atoms with van der Waals surface area (Å²) in [7, 11) is 1.86. The van der Waals surface area contributed by atoms with Gasteiger partial charge < -0.3 is 10.3 Å². The van der Waals surface area contributed by atoms with Gasteiger partial charge in [0.25, 0.3) is 0 Å². The molecule has 2 aromatic rings. The van der Waals surface area contributed by atoms with Crippen molar-refractivity contribution in [3.8, 4) is 11.1 Å². The van der Waals surface area contributed by atoms with Crippen molar-refractivity contribution in [3.63, 3.8) is 0 Å². The first-order valence-electron chi connectivity index (χ1n) is 5.45. The molecule has 1 heterocycles. The predicted molar refractivity (Wildman–Crippen MR) is 63.7 cm³/mol. The molecular weight excluding hydrogens is 241 g/mol. The molecule has 2 N–H and O–H groups in total. The molecule has 1 aromatic heterocycles. The predicted octanol–water partition coefficient (Wildman–Crippen LogP) is 3.17. The van der Waals surface area contributed by atoms with Crippen molar-refractivity contribution in [2.75, 3.05) is 0 Å². The van der Waals surface area contributed by atoms with Gasteiger partial charge in [0, 0.05) is 25.5 Å². The van der Waals surface area contributed by atoms with Gasteiger partial charge >= 0.3 is 6.18 Å². The van der Waals surface area contributed by atoms with Crippen LogP contribution in [0.3, 0.4) is 0 Å². The fraction of sp³-hybridized carbons (Fsp3) is 0.231. The van der Waals surface area contributed by atoms with Gasteiger partial charge in [-0.15, -0.1) is 0 Å². The first kappa shape index (κ1) is 12.7.